The summed E-state index contributed by atoms with van der Waals surface area (Å²) in [7, 11) is -3.87. The van der Waals surface area contributed by atoms with Gasteiger partial charge in [0.1, 0.15) is 6.54 Å². The van der Waals surface area contributed by atoms with Gasteiger partial charge in [-0.3, -0.25) is 9.10 Å². The molecular weight excluding hydrogens is 382 g/mol. The van der Waals surface area contributed by atoms with Crippen LogP contribution >= 0.6 is 15.9 Å². The van der Waals surface area contributed by atoms with E-state index in [1.54, 1.807) is 49.4 Å². The number of benzene rings is 2. The zero-order valence-electron chi connectivity index (χ0n) is 12.5. The fraction of sp³-hybridized carbons (Fsp3) is 0.188. The number of anilines is 1. The Morgan fingerprint density at radius 3 is 2.43 bits per heavy atom. The number of hydrogen-bond acceptors (Lipinski definition) is 4. The van der Waals surface area contributed by atoms with Gasteiger partial charge in [-0.1, -0.05) is 40.2 Å². The summed E-state index contributed by atoms with van der Waals surface area (Å²) in [6, 6.07) is 14.7. The highest BCUT2D eigenvalue weighted by Gasteiger charge is 2.27. The van der Waals surface area contributed by atoms with Crippen LogP contribution in [0.15, 0.2) is 64.0 Å². The second-order valence-corrected chi connectivity index (χ2v) is 7.39. The van der Waals surface area contributed by atoms with Gasteiger partial charge in [-0.05, 0) is 37.3 Å². The highest BCUT2D eigenvalue weighted by Crippen LogP contribution is 2.26. The van der Waals surface area contributed by atoms with E-state index in [0.29, 0.717) is 10.2 Å². The SMILES string of the molecule is CCOC(=O)CN(c1cccc(Br)c1)S(=O)(=O)c1ccccc1. The molecule has 0 spiro atoms. The van der Waals surface area contributed by atoms with Crippen molar-refractivity contribution in [1.82, 2.24) is 0 Å². The van der Waals surface area contributed by atoms with Gasteiger partial charge in [0, 0.05) is 4.47 Å². The Kier molecular flexibility index (Phi) is 5.79. The van der Waals surface area contributed by atoms with Crippen molar-refractivity contribution in [2.24, 2.45) is 0 Å². The van der Waals surface area contributed by atoms with Crippen LogP contribution < -0.4 is 4.31 Å². The van der Waals surface area contributed by atoms with Crippen molar-refractivity contribution in [2.45, 2.75) is 11.8 Å². The maximum atomic E-state index is 12.9. The monoisotopic (exact) mass is 397 g/mol. The molecule has 7 heteroatoms. The van der Waals surface area contributed by atoms with Gasteiger partial charge in [0.25, 0.3) is 10.0 Å². The summed E-state index contributed by atoms with van der Waals surface area (Å²) in [6.45, 7) is 1.48. The highest BCUT2D eigenvalue weighted by atomic mass is 79.9. The molecule has 23 heavy (non-hydrogen) atoms. The topological polar surface area (TPSA) is 63.7 Å². The van der Waals surface area contributed by atoms with Crippen LogP contribution in [0.2, 0.25) is 0 Å². The summed E-state index contributed by atoms with van der Waals surface area (Å²) in [5.41, 5.74) is 0.385. The van der Waals surface area contributed by atoms with Crippen molar-refractivity contribution in [1.29, 1.82) is 0 Å². The lowest BCUT2D eigenvalue weighted by atomic mass is 10.3. The number of hydrogen-bond donors (Lipinski definition) is 0. The number of nitrogens with zero attached hydrogens (tertiary/aromatic N) is 1. The highest BCUT2D eigenvalue weighted by molar-refractivity contribution is 9.10. The Hall–Kier alpha value is -1.86. The summed E-state index contributed by atoms with van der Waals surface area (Å²) < 4.78 is 32.4. The summed E-state index contributed by atoms with van der Waals surface area (Å²) in [5, 5.41) is 0. The minimum Gasteiger partial charge on any atom is -0.465 e. The van der Waals surface area contributed by atoms with Crippen molar-refractivity contribution in [3.8, 4) is 0 Å². The Balaban J connectivity index is 2.47. The first kappa shape index (κ1) is 17.5. The molecule has 0 radical (unpaired) electrons. The molecule has 0 aliphatic rings. The quantitative estimate of drug-likeness (QED) is 0.701. The molecule has 0 amide bonds. The summed E-state index contributed by atoms with van der Waals surface area (Å²) in [5.74, 6) is -0.605. The predicted octanol–water partition coefficient (Wildman–Crippen LogP) is 3.21. The van der Waals surface area contributed by atoms with Gasteiger partial charge in [0.15, 0.2) is 0 Å². The Bertz CT molecular complexity index is 778. The maximum absolute atomic E-state index is 12.9. The van der Waals surface area contributed by atoms with E-state index in [4.69, 9.17) is 4.74 Å². The first-order valence-electron chi connectivity index (χ1n) is 6.94. The largest absolute Gasteiger partial charge is 0.465 e. The molecule has 2 aromatic carbocycles. The molecule has 0 aromatic heterocycles. The first-order valence-corrected chi connectivity index (χ1v) is 9.17. The van der Waals surface area contributed by atoms with Crippen LogP contribution in [0.25, 0.3) is 0 Å². The summed E-state index contributed by atoms with van der Waals surface area (Å²) in [6.07, 6.45) is 0. The third kappa shape index (κ3) is 4.33. The van der Waals surface area contributed by atoms with E-state index in [2.05, 4.69) is 15.9 Å². The molecule has 0 unspecified atom stereocenters. The molecule has 2 rings (SSSR count). The third-order valence-corrected chi connectivity index (χ3v) is 5.29. The van der Waals surface area contributed by atoms with Crippen LogP contribution in [0.1, 0.15) is 6.92 Å². The van der Waals surface area contributed by atoms with Gasteiger partial charge >= 0.3 is 5.97 Å². The van der Waals surface area contributed by atoms with E-state index >= 15 is 0 Å². The molecule has 0 atom stereocenters. The predicted molar refractivity (Wildman–Crippen MR) is 91.7 cm³/mol. The number of esters is 1. The molecule has 0 aliphatic heterocycles. The zero-order valence-corrected chi connectivity index (χ0v) is 14.9. The standard InChI is InChI=1S/C16H16BrNO4S/c1-2-22-16(19)12-18(14-8-6-7-13(17)11-14)23(20,21)15-9-4-3-5-10-15/h3-11H,2,12H2,1H3. The molecular formula is C16H16BrNO4S. The Morgan fingerprint density at radius 1 is 1.13 bits per heavy atom. The van der Waals surface area contributed by atoms with Crippen LogP contribution in [0.5, 0.6) is 0 Å². The van der Waals surface area contributed by atoms with E-state index in [9.17, 15) is 13.2 Å². The van der Waals surface area contributed by atoms with Gasteiger partial charge in [0.2, 0.25) is 0 Å². The first-order chi connectivity index (χ1) is 10.9. The van der Waals surface area contributed by atoms with Crippen LogP contribution in [0.3, 0.4) is 0 Å². The van der Waals surface area contributed by atoms with Crippen LogP contribution in [0.4, 0.5) is 5.69 Å². The number of ether oxygens (including phenoxy) is 1. The van der Waals surface area contributed by atoms with Gasteiger partial charge < -0.3 is 4.74 Å². The molecule has 2 aromatic rings. The van der Waals surface area contributed by atoms with Gasteiger partial charge in [-0.15, -0.1) is 0 Å². The number of sulfonamides is 1. The number of carbonyl (C=O) groups excluding carboxylic acids is 1. The minimum atomic E-state index is -3.87. The number of rotatable bonds is 6. The fourth-order valence-electron chi connectivity index (χ4n) is 1.99. The van der Waals surface area contributed by atoms with Crippen LogP contribution in [-0.2, 0) is 19.6 Å². The normalized spacial score (nSPS) is 11.0. The number of halogens is 1. The second-order valence-electron chi connectivity index (χ2n) is 4.61. The maximum Gasteiger partial charge on any atom is 0.326 e. The molecule has 0 bridgehead atoms. The second kappa shape index (κ2) is 7.61. The molecule has 0 aliphatic carbocycles. The summed E-state index contributed by atoms with van der Waals surface area (Å²) >= 11 is 3.31. The molecule has 5 nitrogen and oxygen atoms in total. The Morgan fingerprint density at radius 2 is 1.83 bits per heavy atom. The van der Waals surface area contributed by atoms with Gasteiger partial charge in [0.05, 0.1) is 17.2 Å². The van der Waals surface area contributed by atoms with Crippen molar-refractivity contribution < 1.29 is 17.9 Å². The average molecular weight is 398 g/mol. The van der Waals surface area contributed by atoms with Gasteiger partial charge in [-0.25, -0.2) is 8.42 Å². The van der Waals surface area contributed by atoms with Crippen molar-refractivity contribution >= 4 is 37.6 Å². The molecule has 0 heterocycles. The van der Waals surface area contributed by atoms with E-state index < -0.39 is 16.0 Å². The molecule has 0 saturated heterocycles. The van der Waals surface area contributed by atoms with Crippen molar-refractivity contribution in [3.05, 3.63) is 59.1 Å². The zero-order chi connectivity index (χ0) is 16.9. The van der Waals surface area contributed by atoms with E-state index in [1.807, 2.05) is 0 Å². The lowest BCUT2D eigenvalue weighted by Crippen LogP contribution is -2.36. The smallest absolute Gasteiger partial charge is 0.326 e. The van der Waals surface area contributed by atoms with Crippen LogP contribution in [-0.4, -0.2) is 27.5 Å². The van der Waals surface area contributed by atoms with Crippen molar-refractivity contribution in [2.75, 3.05) is 17.5 Å². The van der Waals surface area contributed by atoms with Crippen LogP contribution in [0, 0.1) is 0 Å². The molecule has 0 N–H and O–H groups in total. The van der Waals surface area contributed by atoms with E-state index in [-0.39, 0.29) is 18.0 Å². The summed E-state index contributed by atoms with van der Waals surface area (Å²) in [4.78, 5) is 12.0. The minimum absolute atomic E-state index is 0.115. The van der Waals surface area contributed by atoms with E-state index in [1.165, 1.54) is 12.1 Å². The average Bonchev–Trinajstić information content (AvgIpc) is 2.53. The third-order valence-electron chi connectivity index (χ3n) is 3.01. The number of carbonyl (C=O) groups is 1. The van der Waals surface area contributed by atoms with E-state index in [0.717, 1.165) is 4.31 Å². The lowest BCUT2D eigenvalue weighted by Gasteiger charge is -2.23. The molecule has 0 fully saturated rings. The van der Waals surface area contributed by atoms with Gasteiger partial charge in [-0.2, -0.15) is 0 Å². The Labute approximate surface area is 144 Å². The molecule has 122 valence electrons. The fourth-order valence-corrected chi connectivity index (χ4v) is 3.80. The lowest BCUT2D eigenvalue weighted by molar-refractivity contribution is -0.141. The molecule has 0 saturated carbocycles. The van der Waals surface area contributed by atoms with Crippen molar-refractivity contribution in [3.63, 3.8) is 0 Å².